The van der Waals surface area contributed by atoms with Crippen molar-refractivity contribution >= 4 is 23.0 Å². The van der Waals surface area contributed by atoms with Crippen LogP contribution < -0.4 is 5.32 Å². The average molecular weight is 488 g/mol. The highest BCUT2D eigenvalue weighted by molar-refractivity contribution is 7.80. The minimum Gasteiger partial charge on any atom is -0.346 e. The first-order valence-corrected chi connectivity index (χ1v) is 11.6. The van der Waals surface area contributed by atoms with Crippen molar-refractivity contribution in [3.63, 3.8) is 0 Å². The van der Waals surface area contributed by atoms with Crippen LogP contribution in [0.3, 0.4) is 0 Å². The third kappa shape index (κ3) is 5.77. The molecule has 0 atom stereocenters. The summed E-state index contributed by atoms with van der Waals surface area (Å²) in [6.07, 6.45) is -4.32. The number of piperazine rings is 1. The molecule has 0 saturated carbocycles. The maximum absolute atomic E-state index is 13.0. The van der Waals surface area contributed by atoms with E-state index in [0.29, 0.717) is 36.9 Å². The Morgan fingerprint density at radius 3 is 2.29 bits per heavy atom. The van der Waals surface area contributed by atoms with Gasteiger partial charge in [-0.25, -0.2) is 0 Å². The van der Waals surface area contributed by atoms with E-state index < -0.39 is 11.7 Å². The van der Waals surface area contributed by atoms with Crippen molar-refractivity contribution in [2.75, 3.05) is 31.5 Å². The Morgan fingerprint density at radius 2 is 1.62 bits per heavy atom. The number of aromatic nitrogens is 2. The second-order valence-electron chi connectivity index (χ2n) is 8.58. The van der Waals surface area contributed by atoms with Crippen molar-refractivity contribution in [3.8, 4) is 0 Å². The Morgan fingerprint density at radius 1 is 0.941 bits per heavy atom. The third-order valence-corrected chi connectivity index (χ3v) is 6.47. The molecule has 9 heteroatoms. The summed E-state index contributed by atoms with van der Waals surface area (Å²) in [5, 5.41) is 8.69. The van der Waals surface area contributed by atoms with E-state index in [0.717, 1.165) is 36.2 Å². The fraction of sp³-hybridized carbons (Fsp3) is 0.360. The maximum atomic E-state index is 13.0. The van der Waals surface area contributed by atoms with Crippen molar-refractivity contribution < 1.29 is 13.2 Å². The number of alkyl halides is 3. The average Bonchev–Trinajstić information content (AvgIpc) is 3.07. The number of hydrogen-bond donors (Lipinski definition) is 1. The first-order valence-electron chi connectivity index (χ1n) is 11.2. The Hall–Kier alpha value is -2.91. The summed E-state index contributed by atoms with van der Waals surface area (Å²) in [6.45, 7) is 8.04. The second kappa shape index (κ2) is 10.1. The Kier molecular flexibility index (Phi) is 7.23. The highest BCUT2D eigenvalue weighted by atomic mass is 32.1. The Labute approximate surface area is 203 Å². The molecule has 1 N–H and O–H groups in total. The molecule has 0 amide bonds. The molecule has 0 bridgehead atoms. The lowest BCUT2D eigenvalue weighted by Gasteiger charge is -2.36. The molecule has 0 unspecified atom stereocenters. The largest absolute Gasteiger partial charge is 0.416 e. The van der Waals surface area contributed by atoms with E-state index in [1.807, 2.05) is 36.7 Å². The quantitative estimate of drug-likeness (QED) is 0.508. The predicted molar refractivity (Wildman–Crippen MR) is 132 cm³/mol. The molecule has 1 aromatic heterocycles. The number of thiocarbonyl (C=S) groups is 1. The standard InChI is InChI=1S/C25H28F3N5S/c1-18-23(19(2)33(30-18)17-20-7-4-3-5-8-20)29-24(34)32-13-11-31(12-14-32)16-21-9-6-10-22(15-21)25(26,27)28/h3-10,15H,11-14,16-17H2,1-2H3,(H,29,34). The third-order valence-electron chi connectivity index (χ3n) is 6.11. The van der Waals surface area contributed by atoms with Crippen LogP contribution >= 0.6 is 12.2 Å². The van der Waals surface area contributed by atoms with Crippen molar-refractivity contribution in [1.82, 2.24) is 19.6 Å². The normalized spacial score (nSPS) is 14.9. The number of anilines is 1. The molecule has 1 saturated heterocycles. The van der Waals surface area contributed by atoms with Gasteiger partial charge >= 0.3 is 6.18 Å². The highest BCUT2D eigenvalue weighted by Gasteiger charge is 2.30. The van der Waals surface area contributed by atoms with Gasteiger partial charge < -0.3 is 10.2 Å². The van der Waals surface area contributed by atoms with Gasteiger partial charge in [0.1, 0.15) is 0 Å². The fourth-order valence-corrected chi connectivity index (χ4v) is 4.47. The summed E-state index contributed by atoms with van der Waals surface area (Å²) in [5.41, 5.74) is 4.07. The van der Waals surface area contributed by atoms with Gasteiger partial charge in [0, 0.05) is 32.7 Å². The predicted octanol–water partition coefficient (Wildman–Crippen LogP) is 5.08. The molecular formula is C25H28F3N5S. The Balaban J connectivity index is 1.33. The van der Waals surface area contributed by atoms with E-state index >= 15 is 0 Å². The van der Waals surface area contributed by atoms with Crippen LogP contribution in [0.25, 0.3) is 0 Å². The number of aryl methyl sites for hydroxylation is 1. The zero-order valence-electron chi connectivity index (χ0n) is 19.3. The Bertz CT molecular complexity index is 1140. The molecule has 180 valence electrons. The number of nitrogens with zero attached hydrogens (tertiary/aromatic N) is 4. The van der Waals surface area contributed by atoms with Crippen LogP contribution in [0.4, 0.5) is 18.9 Å². The molecule has 0 radical (unpaired) electrons. The highest BCUT2D eigenvalue weighted by Crippen LogP contribution is 2.30. The minimum atomic E-state index is -4.32. The van der Waals surface area contributed by atoms with Crippen LogP contribution in [0.2, 0.25) is 0 Å². The monoisotopic (exact) mass is 487 g/mol. The number of nitrogens with one attached hydrogen (secondary N) is 1. The number of hydrogen-bond acceptors (Lipinski definition) is 3. The van der Waals surface area contributed by atoms with Crippen LogP contribution in [0.15, 0.2) is 54.6 Å². The van der Waals surface area contributed by atoms with Crippen LogP contribution in [0.1, 0.15) is 28.1 Å². The lowest BCUT2D eigenvalue weighted by molar-refractivity contribution is -0.137. The summed E-state index contributed by atoms with van der Waals surface area (Å²) in [6, 6.07) is 15.7. The van der Waals surface area contributed by atoms with Crippen LogP contribution in [0, 0.1) is 13.8 Å². The van der Waals surface area contributed by atoms with E-state index in [9.17, 15) is 13.2 Å². The van der Waals surface area contributed by atoms with Gasteiger partial charge in [-0.15, -0.1) is 0 Å². The second-order valence-corrected chi connectivity index (χ2v) is 8.97. The fourth-order valence-electron chi connectivity index (χ4n) is 4.19. The molecular weight excluding hydrogens is 459 g/mol. The molecule has 1 aliphatic heterocycles. The number of benzene rings is 2. The zero-order chi connectivity index (χ0) is 24.3. The van der Waals surface area contributed by atoms with Gasteiger partial charge in [-0.05, 0) is 43.3 Å². The van der Waals surface area contributed by atoms with Crippen molar-refractivity contribution in [3.05, 3.63) is 82.7 Å². The lowest BCUT2D eigenvalue weighted by Crippen LogP contribution is -2.49. The maximum Gasteiger partial charge on any atom is 0.416 e. The SMILES string of the molecule is Cc1nn(Cc2ccccc2)c(C)c1NC(=S)N1CCN(Cc2cccc(C(F)(F)F)c2)CC1. The number of halogens is 3. The molecule has 1 fully saturated rings. The van der Waals surface area contributed by atoms with E-state index in [1.165, 1.54) is 17.7 Å². The van der Waals surface area contributed by atoms with Crippen molar-refractivity contribution in [2.45, 2.75) is 33.1 Å². The zero-order valence-corrected chi connectivity index (χ0v) is 20.1. The smallest absolute Gasteiger partial charge is 0.346 e. The van der Waals surface area contributed by atoms with Crippen LogP contribution in [-0.2, 0) is 19.3 Å². The molecule has 34 heavy (non-hydrogen) atoms. The summed E-state index contributed by atoms with van der Waals surface area (Å²) >= 11 is 5.67. The lowest BCUT2D eigenvalue weighted by atomic mass is 10.1. The number of rotatable bonds is 5. The van der Waals surface area contributed by atoms with Gasteiger partial charge in [0.2, 0.25) is 0 Å². The summed E-state index contributed by atoms with van der Waals surface area (Å²) in [7, 11) is 0. The van der Waals surface area contributed by atoms with E-state index in [4.69, 9.17) is 12.2 Å². The van der Waals surface area contributed by atoms with Gasteiger partial charge in [0.05, 0.1) is 29.2 Å². The molecule has 0 spiro atoms. The van der Waals surface area contributed by atoms with Gasteiger partial charge in [-0.1, -0.05) is 48.5 Å². The van der Waals surface area contributed by atoms with Gasteiger partial charge in [0.15, 0.2) is 5.11 Å². The molecule has 0 aliphatic carbocycles. The summed E-state index contributed by atoms with van der Waals surface area (Å²) < 4.78 is 40.9. The molecule has 4 rings (SSSR count). The molecule has 2 heterocycles. The topological polar surface area (TPSA) is 36.3 Å². The molecule has 3 aromatic rings. The minimum absolute atomic E-state index is 0.489. The van der Waals surface area contributed by atoms with Crippen LogP contribution in [0.5, 0.6) is 0 Å². The summed E-state index contributed by atoms with van der Waals surface area (Å²) in [5.74, 6) is 0. The van der Waals surface area contributed by atoms with E-state index in [2.05, 4.69) is 32.3 Å². The van der Waals surface area contributed by atoms with Gasteiger partial charge in [-0.3, -0.25) is 9.58 Å². The van der Waals surface area contributed by atoms with Crippen molar-refractivity contribution in [2.24, 2.45) is 0 Å². The first kappa shape index (κ1) is 24.2. The molecule has 2 aromatic carbocycles. The molecule has 1 aliphatic rings. The van der Waals surface area contributed by atoms with E-state index in [-0.39, 0.29) is 0 Å². The van der Waals surface area contributed by atoms with Gasteiger partial charge in [-0.2, -0.15) is 18.3 Å². The van der Waals surface area contributed by atoms with Crippen molar-refractivity contribution in [1.29, 1.82) is 0 Å². The van der Waals surface area contributed by atoms with Crippen LogP contribution in [-0.4, -0.2) is 50.9 Å². The molecule has 5 nitrogen and oxygen atoms in total. The summed E-state index contributed by atoms with van der Waals surface area (Å²) in [4.78, 5) is 4.26. The first-order chi connectivity index (χ1) is 16.2. The van der Waals surface area contributed by atoms with E-state index in [1.54, 1.807) is 6.07 Å². The van der Waals surface area contributed by atoms with Gasteiger partial charge in [0.25, 0.3) is 0 Å².